The summed E-state index contributed by atoms with van der Waals surface area (Å²) >= 11 is 0. The zero-order chi connectivity index (χ0) is 28.1. The van der Waals surface area contributed by atoms with E-state index in [0.717, 1.165) is 12.0 Å². The molecule has 9 nitrogen and oxygen atoms in total. The number of morpholine rings is 1. The fourth-order valence-electron chi connectivity index (χ4n) is 5.44. The lowest BCUT2D eigenvalue weighted by molar-refractivity contribution is 0.0707. The van der Waals surface area contributed by atoms with Gasteiger partial charge in [-0.25, -0.2) is 13.8 Å². The van der Waals surface area contributed by atoms with E-state index in [1.807, 2.05) is 50.9 Å². The fraction of sp³-hybridized carbons (Fsp3) is 0.593. The second-order valence-electron chi connectivity index (χ2n) is 11.6. The van der Waals surface area contributed by atoms with Gasteiger partial charge >= 0.3 is 0 Å². The van der Waals surface area contributed by atoms with E-state index in [1.54, 1.807) is 13.0 Å². The summed E-state index contributed by atoms with van der Waals surface area (Å²) in [6, 6.07) is 5.43. The van der Waals surface area contributed by atoms with E-state index in [-0.39, 0.29) is 5.95 Å². The van der Waals surface area contributed by atoms with Crippen LogP contribution in [-0.2, 0) is 10.2 Å². The van der Waals surface area contributed by atoms with Crippen molar-refractivity contribution in [3.8, 4) is 11.7 Å². The molecular formula is C27H37F2N6O3Si. The molecule has 0 spiro atoms. The first-order valence-corrected chi connectivity index (χ1v) is 15.8. The number of rotatable bonds is 6. The van der Waals surface area contributed by atoms with Crippen molar-refractivity contribution < 1.29 is 23.1 Å². The van der Waals surface area contributed by atoms with E-state index < -0.39 is 32.4 Å². The summed E-state index contributed by atoms with van der Waals surface area (Å²) in [5.74, 6) is 1.42. The van der Waals surface area contributed by atoms with Crippen LogP contribution >= 0.6 is 0 Å². The Labute approximate surface area is 229 Å². The molecule has 12 heteroatoms. The molecule has 1 radical (unpaired) electrons. The minimum absolute atomic E-state index is 0.0961. The zero-order valence-corrected chi connectivity index (χ0v) is 24.5. The minimum atomic E-state index is -2.86. The Morgan fingerprint density at radius 2 is 1.77 bits per heavy atom. The molecule has 0 amide bonds. The van der Waals surface area contributed by atoms with Crippen LogP contribution in [0.25, 0.3) is 17.0 Å². The van der Waals surface area contributed by atoms with E-state index in [2.05, 4.69) is 9.88 Å². The van der Waals surface area contributed by atoms with Crippen LogP contribution in [0.2, 0.25) is 13.1 Å². The molecule has 1 atom stereocenters. The van der Waals surface area contributed by atoms with Gasteiger partial charge in [-0.15, -0.1) is 0 Å². The molecule has 0 bridgehead atoms. The molecule has 4 heterocycles. The van der Waals surface area contributed by atoms with E-state index in [1.165, 1.54) is 4.57 Å². The number of alkyl halides is 2. The number of benzene rings is 1. The highest BCUT2D eigenvalue weighted by Gasteiger charge is 2.37. The van der Waals surface area contributed by atoms with Crippen molar-refractivity contribution in [3.63, 3.8) is 0 Å². The van der Waals surface area contributed by atoms with Gasteiger partial charge in [-0.2, -0.15) is 9.97 Å². The van der Waals surface area contributed by atoms with Gasteiger partial charge in [-0.3, -0.25) is 4.57 Å². The molecule has 3 aromatic rings. The Morgan fingerprint density at radius 3 is 2.36 bits per heavy atom. The average Bonchev–Trinajstić information content (AvgIpc) is 3.42. The fourth-order valence-corrected chi connectivity index (χ4v) is 6.05. The molecule has 2 aromatic heterocycles. The molecule has 1 N–H and O–H groups in total. The molecule has 211 valence electrons. The molecule has 0 saturated carbocycles. The van der Waals surface area contributed by atoms with Gasteiger partial charge in [0.25, 0.3) is 15.5 Å². The van der Waals surface area contributed by atoms with Gasteiger partial charge in [0.05, 0.1) is 24.2 Å². The first-order chi connectivity index (χ1) is 18.4. The van der Waals surface area contributed by atoms with Crippen molar-refractivity contribution in [2.75, 3.05) is 42.6 Å². The Kier molecular flexibility index (Phi) is 7.31. The Bertz CT molecular complexity index is 1350. The summed E-state index contributed by atoms with van der Waals surface area (Å²) in [5, 5.41) is 11.1. The molecule has 39 heavy (non-hydrogen) atoms. The first kappa shape index (κ1) is 27.7. The van der Waals surface area contributed by atoms with Crippen LogP contribution in [0.1, 0.15) is 58.3 Å². The maximum atomic E-state index is 14.6. The summed E-state index contributed by atoms with van der Waals surface area (Å²) in [6.07, 6.45) is -1.47. The third-order valence-corrected chi connectivity index (χ3v) is 7.81. The van der Waals surface area contributed by atoms with Gasteiger partial charge in [0.1, 0.15) is 23.1 Å². The van der Waals surface area contributed by atoms with Crippen LogP contribution in [0.5, 0.6) is 5.75 Å². The van der Waals surface area contributed by atoms with Gasteiger partial charge in [-0.05, 0) is 50.4 Å². The largest absolute Gasteiger partial charge is 0.542 e. The summed E-state index contributed by atoms with van der Waals surface area (Å²) in [5.41, 5.74) is 0.206. The Hall–Kier alpha value is -2.83. The average molecular weight is 560 g/mol. The van der Waals surface area contributed by atoms with E-state index in [9.17, 15) is 13.9 Å². The predicted octanol–water partition coefficient (Wildman–Crippen LogP) is 4.83. The second-order valence-corrected chi connectivity index (χ2v) is 13.6. The second kappa shape index (κ2) is 10.3. The van der Waals surface area contributed by atoms with Gasteiger partial charge < -0.3 is 24.1 Å². The first-order valence-electron chi connectivity index (χ1n) is 13.4. The molecule has 1 unspecified atom stereocenters. The number of aliphatic hydroxyl groups is 1. The molecule has 2 aliphatic rings. The van der Waals surface area contributed by atoms with Gasteiger partial charge in [0.2, 0.25) is 5.95 Å². The number of ether oxygens (including phenoxy) is 1. The SMILES string of the molecule is C[Si](C)Oc1ccc2c(nc(C(F)F)n2-c2nc(N3CCOCC3)cc(N3CCCC3(C)O)n2)c1C(C)(C)C. The van der Waals surface area contributed by atoms with E-state index in [0.29, 0.717) is 67.7 Å². The molecule has 5 rings (SSSR count). The molecule has 1 aromatic carbocycles. The third kappa shape index (κ3) is 5.33. The molecule has 2 fully saturated rings. The topological polar surface area (TPSA) is 88.8 Å². The maximum absolute atomic E-state index is 14.6. The lowest BCUT2D eigenvalue weighted by Crippen LogP contribution is -2.42. The van der Waals surface area contributed by atoms with Gasteiger partial charge in [-0.1, -0.05) is 20.8 Å². The van der Waals surface area contributed by atoms with Gasteiger partial charge in [0, 0.05) is 31.3 Å². The number of halogens is 2. The number of anilines is 2. The maximum Gasteiger partial charge on any atom is 0.296 e. The normalized spacial score (nSPS) is 20.6. The number of imidazole rings is 1. The zero-order valence-electron chi connectivity index (χ0n) is 23.5. The lowest BCUT2D eigenvalue weighted by atomic mass is 9.85. The van der Waals surface area contributed by atoms with E-state index >= 15 is 0 Å². The van der Waals surface area contributed by atoms with Gasteiger partial charge in [0.15, 0.2) is 5.82 Å². The number of aromatic nitrogens is 4. The quantitative estimate of drug-likeness (QED) is 0.430. The summed E-state index contributed by atoms with van der Waals surface area (Å²) in [4.78, 5) is 17.9. The summed E-state index contributed by atoms with van der Waals surface area (Å²) < 4.78 is 42.3. The lowest BCUT2D eigenvalue weighted by Gasteiger charge is -2.33. The van der Waals surface area contributed by atoms with Crippen LogP contribution in [-0.4, -0.2) is 72.2 Å². The number of nitrogens with zero attached hydrogens (tertiary/aromatic N) is 6. The molecule has 0 aliphatic carbocycles. The van der Waals surface area contributed by atoms with Crippen LogP contribution in [0.3, 0.4) is 0 Å². The Morgan fingerprint density at radius 1 is 1.08 bits per heavy atom. The highest BCUT2D eigenvalue weighted by Crippen LogP contribution is 2.40. The van der Waals surface area contributed by atoms with Crippen LogP contribution < -0.4 is 14.2 Å². The smallest absolute Gasteiger partial charge is 0.296 e. The highest BCUT2D eigenvalue weighted by molar-refractivity contribution is 6.49. The third-order valence-electron chi connectivity index (χ3n) is 7.19. The molecule has 2 aliphatic heterocycles. The minimum Gasteiger partial charge on any atom is -0.542 e. The van der Waals surface area contributed by atoms with Crippen molar-refractivity contribution in [2.24, 2.45) is 0 Å². The van der Waals surface area contributed by atoms with Crippen LogP contribution in [0.4, 0.5) is 20.4 Å². The highest BCUT2D eigenvalue weighted by atomic mass is 28.3. The predicted molar refractivity (Wildman–Crippen MR) is 149 cm³/mol. The number of fused-ring (bicyclic) bond motifs is 1. The van der Waals surface area contributed by atoms with Crippen LogP contribution in [0, 0.1) is 0 Å². The monoisotopic (exact) mass is 559 g/mol. The molecule has 2 saturated heterocycles. The molecular weight excluding hydrogens is 522 g/mol. The van der Waals surface area contributed by atoms with Crippen molar-refractivity contribution in [1.82, 2.24) is 19.5 Å². The summed E-state index contributed by atoms with van der Waals surface area (Å²) in [7, 11) is -1.10. The van der Waals surface area contributed by atoms with Crippen molar-refractivity contribution in [2.45, 2.75) is 71.2 Å². The van der Waals surface area contributed by atoms with Crippen molar-refractivity contribution >= 4 is 31.7 Å². The summed E-state index contributed by atoms with van der Waals surface area (Å²) in [6.45, 7) is 14.8. The Balaban J connectivity index is 1.77. The van der Waals surface area contributed by atoms with E-state index in [4.69, 9.17) is 19.1 Å². The number of hydrogen-bond acceptors (Lipinski definition) is 8. The van der Waals surface area contributed by atoms with Crippen molar-refractivity contribution in [1.29, 1.82) is 0 Å². The van der Waals surface area contributed by atoms with Crippen molar-refractivity contribution in [3.05, 3.63) is 29.6 Å². The standard InChI is InChI=1S/C27H37F2N6O3Si/c1-26(2,3)21-18(38-39(5)6)9-8-17-22(21)32-24(23(28)29)35(17)25-30-19(33-12-14-37-15-13-33)16-20(31-25)34-11-7-10-27(34,4)36/h8-9,16,23,36H,7,10-15H2,1-6H3. The number of hydrogen-bond donors (Lipinski definition) is 1. The van der Waals surface area contributed by atoms with Crippen LogP contribution in [0.15, 0.2) is 18.2 Å².